The summed E-state index contributed by atoms with van der Waals surface area (Å²) >= 11 is 0. The van der Waals surface area contributed by atoms with E-state index in [0.29, 0.717) is 16.6 Å². The Morgan fingerprint density at radius 2 is 1.84 bits per heavy atom. The van der Waals surface area contributed by atoms with E-state index in [9.17, 15) is 19.7 Å². The Kier molecular flexibility index (Phi) is 4.42. The highest BCUT2D eigenvalue weighted by atomic mass is 16.6. The van der Waals surface area contributed by atoms with E-state index in [4.69, 9.17) is 4.74 Å². The molecule has 0 aliphatic heterocycles. The van der Waals surface area contributed by atoms with Crippen molar-refractivity contribution in [3.63, 3.8) is 0 Å². The predicted molar refractivity (Wildman–Crippen MR) is 90.3 cm³/mol. The molecule has 3 aromatic rings. The number of nitrogens with one attached hydrogen (secondary N) is 2. The number of hydrogen-bond donors (Lipinski definition) is 2. The fraction of sp³-hybridized carbons (Fsp3) is 0.0588. The van der Waals surface area contributed by atoms with E-state index in [2.05, 4.69) is 10.3 Å². The largest absolute Gasteiger partial charge is 0.452 e. The summed E-state index contributed by atoms with van der Waals surface area (Å²) in [5, 5.41) is 13.8. The molecular formula is C17H13N3O5. The normalized spacial score (nSPS) is 10.4. The van der Waals surface area contributed by atoms with Crippen LogP contribution in [0.5, 0.6) is 0 Å². The van der Waals surface area contributed by atoms with Crippen LogP contribution in [0.15, 0.2) is 54.7 Å². The summed E-state index contributed by atoms with van der Waals surface area (Å²) in [4.78, 5) is 36.9. The van der Waals surface area contributed by atoms with Crippen molar-refractivity contribution in [2.24, 2.45) is 0 Å². The summed E-state index contributed by atoms with van der Waals surface area (Å²) in [5.74, 6) is -1.15. The van der Waals surface area contributed by atoms with E-state index < -0.39 is 23.4 Å². The summed E-state index contributed by atoms with van der Waals surface area (Å²) in [6, 6.07) is 12.6. The molecular weight excluding hydrogens is 326 g/mol. The first-order valence-corrected chi connectivity index (χ1v) is 7.32. The molecule has 1 amide bonds. The summed E-state index contributed by atoms with van der Waals surface area (Å²) < 4.78 is 5.01. The molecule has 0 aliphatic rings. The average Bonchev–Trinajstić information content (AvgIpc) is 3.04. The molecule has 126 valence electrons. The number of aromatic nitrogens is 1. The molecule has 0 spiro atoms. The van der Waals surface area contributed by atoms with Gasteiger partial charge in [-0.1, -0.05) is 18.2 Å². The lowest BCUT2D eigenvalue weighted by Gasteiger charge is -2.06. The molecule has 1 aromatic heterocycles. The molecule has 2 N–H and O–H groups in total. The standard InChI is InChI=1S/C17H13N3O5/c21-16(19-11-5-7-12(8-6-11)20(23)24)10-25-17(22)14-9-18-15-4-2-1-3-13(14)15/h1-9,18H,10H2,(H,19,21). The number of nitrogens with zero attached hydrogens (tertiary/aromatic N) is 1. The summed E-state index contributed by atoms with van der Waals surface area (Å²) in [5.41, 5.74) is 1.44. The highest BCUT2D eigenvalue weighted by Gasteiger charge is 2.15. The number of para-hydroxylation sites is 1. The first-order chi connectivity index (χ1) is 12.0. The van der Waals surface area contributed by atoms with Crippen molar-refractivity contribution in [1.29, 1.82) is 0 Å². The Morgan fingerprint density at radius 1 is 1.12 bits per heavy atom. The number of rotatable bonds is 5. The van der Waals surface area contributed by atoms with Crippen LogP contribution in [0.25, 0.3) is 10.9 Å². The smallest absolute Gasteiger partial charge is 0.340 e. The molecule has 0 fully saturated rings. The number of amides is 1. The molecule has 25 heavy (non-hydrogen) atoms. The lowest BCUT2D eigenvalue weighted by atomic mass is 10.2. The summed E-state index contributed by atoms with van der Waals surface area (Å²) in [6.45, 7) is -0.463. The molecule has 0 saturated heterocycles. The fourth-order valence-corrected chi connectivity index (χ4v) is 2.31. The first kappa shape index (κ1) is 16.2. The number of nitro groups is 1. The van der Waals surface area contributed by atoms with Crippen LogP contribution in [-0.2, 0) is 9.53 Å². The van der Waals surface area contributed by atoms with Crippen molar-refractivity contribution < 1.29 is 19.2 Å². The minimum Gasteiger partial charge on any atom is -0.452 e. The van der Waals surface area contributed by atoms with Crippen LogP contribution in [0.3, 0.4) is 0 Å². The Hall–Kier alpha value is -3.68. The second kappa shape index (κ2) is 6.83. The molecule has 8 heteroatoms. The van der Waals surface area contributed by atoms with Crippen molar-refractivity contribution in [2.75, 3.05) is 11.9 Å². The zero-order valence-corrected chi connectivity index (χ0v) is 12.9. The molecule has 0 radical (unpaired) electrons. The van der Waals surface area contributed by atoms with Crippen molar-refractivity contribution in [3.05, 3.63) is 70.4 Å². The minimum absolute atomic E-state index is 0.0798. The number of nitro benzene ring substituents is 1. The fourth-order valence-electron chi connectivity index (χ4n) is 2.31. The van der Waals surface area contributed by atoms with Crippen LogP contribution in [0.4, 0.5) is 11.4 Å². The third-order valence-electron chi connectivity index (χ3n) is 3.51. The van der Waals surface area contributed by atoms with Crippen molar-refractivity contribution in [2.45, 2.75) is 0 Å². The van der Waals surface area contributed by atoms with Gasteiger partial charge in [-0.3, -0.25) is 14.9 Å². The van der Waals surface area contributed by atoms with Gasteiger partial charge in [0.05, 0.1) is 10.5 Å². The number of benzene rings is 2. The zero-order chi connectivity index (χ0) is 17.8. The van der Waals surface area contributed by atoms with E-state index >= 15 is 0 Å². The molecule has 0 aliphatic carbocycles. The number of non-ortho nitro benzene ring substituents is 1. The van der Waals surface area contributed by atoms with Crippen LogP contribution < -0.4 is 5.32 Å². The van der Waals surface area contributed by atoms with Crippen LogP contribution in [0, 0.1) is 10.1 Å². The van der Waals surface area contributed by atoms with Gasteiger partial charge in [0.1, 0.15) is 0 Å². The van der Waals surface area contributed by atoms with E-state index in [-0.39, 0.29) is 5.69 Å². The number of ether oxygens (including phenoxy) is 1. The average molecular weight is 339 g/mol. The van der Waals surface area contributed by atoms with Crippen LogP contribution in [0.2, 0.25) is 0 Å². The lowest BCUT2D eigenvalue weighted by Crippen LogP contribution is -2.20. The maximum absolute atomic E-state index is 12.1. The third kappa shape index (κ3) is 3.63. The molecule has 0 unspecified atom stereocenters. The highest BCUT2D eigenvalue weighted by molar-refractivity contribution is 6.05. The summed E-state index contributed by atoms with van der Waals surface area (Å²) in [6.07, 6.45) is 1.53. The molecule has 0 atom stereocenters. The van der Waals surface area contributed by atoms with Gasteiger partial charge in [0.15, 0.2) is 6.61 Å². The molecule has 3 rings (SSSR count). The van der Waals surface area contributed by atoms with Crippen LogP contribution >= 0.6 is 0 Å². The van der Waals surface area contributed by atoms with Gasteiger partial charge in [-0.2, -0.15) is 0 Å². The van der Waals surface area contributed by atoms with Gasteiger partial charge >= 0.3 is 5.97 Å². The number of aromatic amines is 1. The molecule has 0 saturated carbocycles. The monoisotopic (exact) mass is 339 g/mol. The number of fused-ring (bicyclic) bond motifs is 1. The Morgan fingerprint density at radius 3 is 2.56 bits per heavy atom. The number of H-pyrrole nitrogens is 1. The third-order valence-corrected chi connectivity index (χ3v) is 3.51. The quantitative estimate of drug-likeness (QED) is 0.421. The van der Waals surface area contributed by atoms with Crippen LogP contribution in [0.1, 0.15) is 10.4 Å². The Labute approximate surface area is 141 Å². The highest BCUT2D eigenvalue weighted by Crippen LogP contribution is 2.18. The molecule has 0 bridgehead atoms. The predicted octanol–water partition coefficient (Wildman–Crippen LogP) is 2.87. The molecule has 2 aromatic carbocycles. The van der Waals surface area contributed by atoms with Crippen molar-refractivity contribution >= 4 is 34.2 Å². The zero-order valence-electron chi connectivity index (χ0n) is 12.9. The van der Waals surface area contributed by atoms with E-state index in [1.165, 1.54) is 30.5 Å². The van der Waals surface area contributed by atoms with Gasteiger partial charge in [-0.05, 0) is 18.2 Å². The number of carbonyl (C=O) groups is 2. The number of hydrogen-bond acceptors (Lipinski definition) is 5. The minimum atomic E-state index is -0.615. The Bertz CT molecular complexity index is 946. The van der Waals surface area contributed by atoms with E-state index in [1.807, 2.05) is 12.1 Å². The lowest BCUT2D eigenvalue weighted by molar-refractivity contribution is -0.384. The van der Waals surface area contributed by atoms with Gasteiger partial charge in [0.2, 0.25) is 0 Å². The number of anilines is 1. The maximum atomic E-state index is 12.1. The van der Waals surface area contributed by atoms with Gasteiger partial charge in [0, 0.05) is 34.9 Å². The number of carbonyl (C=O) groups excluding carboxylic acids is 2. The Balaban J connectivity index is 1.58. The van der Waals surface area contributed by atoms with Gasteiger partial charge in [0.25, 0.3) is 11.6 Å². The van der Waals surface area contributed by atoms with Gasteiger partial charge < -0.3 is 15.0 Å². The van der Waals surface area contributed by atoms with E-state index in [0.717, 1.165) is 5.52 Å². The van der Waals surface area contributed by atoms with Crippen LogP contribution in [-0.4, -0.2) is 28.4 Å². The van der Waals surface area contributed by atoms with Crippen molar-refractivity contribution in [3.8, 4) is 0 Å². The topological polar surface area (TPSA) is 114 Å². The van der Waals surface area contributed by atoms with Gasteiger partial charge in [-0.15, -0.1) is 0 Å². The SMILES string of the molecule is O=C(COC(=O)c1c[nH]c2ccccc12)Nc1ccc([N+](=O)[O-])cc1. The molecule has 1 heterocycles. The molecule has 8 nitrogen and oxygen atoms in total. The van der Waals surface area contributed by atoms with E-state index in [1.54, 1.807) is 12.1 Å². The maximum Gasteiger partial charge on any atom is 0.340 e. The summed E-state index contributed by atoms with van der Waals surface area (Å²) in [7, 11) is 0. The second-order valence-corrected chi connectivity index (χ2v) is 5.18. The van der Waals surface area contributed by atoms with Crippen molar-refractivity contribution in [1.82, 2.24) is 4.98 Å². The first-order valence-electron chi connectivity index (χ1n) is 7.32. The number of esters is 1. The second-order valence-electron chi connectivity index (χ2n) is 5.18. The van der Waals surface area contributed by atoms with Gasteiger partial charge in [-0.25, -0.2) is 4.79 Å².